The number of carbonyl (C=O) groups excluding carboxylic acids is 2. The first-order chi connectivity index (χ1) is 14.7. The standard InChI is InChI=1S/C26H33NO4/c1-25-11-9-16(28)13-15(25)7-8-17-19(25)10-12-26(2,24(30)31)20(17)14-22-23(29)18-5-3-4-6-21(18)27-22/h3-6,14-17,19-20,27-28H,7-13H2,1-2H3,(H,30,31)/p-1/b22-14+/t15-,16+,17+,19-,20+,25-,26-/m0/s1. The van der Waals surface area contributed by atoms with Crippen molar-refractivity contribution in [3.05, 3.63) is 41.6 Å². The lowest BCUT2D eigenvalue weighted by Crippen LogP contribution is -2.57. The first kappa shape index (κ1) is 20.7. The van der Waals surface area contributed by atoms with Crippen molar-refractivity contribution in [3.8, 4) is 0 Å². The zero-order valence-corrected chi connectivity index (χ0v) is 18.4. The highest BCUT2D eigenvalue weighted by molar-refractivity contribution is 6.18. The van der Waals surface area contributed by atoms with Crippen molar-refractivity contribution in [3.63, 3.8) is 0 Å². The van der Waals surface area contributed by atoms with Gasteiger partial charge in [0.05, 0.1) is 11.8 Å². The van der Waals surface area contributed by atoms with E-state index in [0.717, 1.165) is 44.2 Å². The highest BCUT2D eigenvalue weighted by Gasteiger charge is 2.57. The minimum atomic E-state index is -1.01. The lowest BCUT2D eigenvalue weighted by molar-refractivity contribution is -0.324. The number of carboxylic acid groups (broad SMARTS) is 1. The molecule has 4 aliphatic rings. The monoisotopic (exact) mass is 422 g/mol. The summed E-state index contributed by atoms with van der Waals surface area (Å²) in [6, 6.07) is 7.44. The molecule has 2 N–H and O–H groups in total. The van der Waals surface area contributed by atoms with Crippen molar-refractivity contribution in [2.45, 2.75) is 64.9 Å². The molecule has 0 spiro atoms. The number of allylic oxidation sites excluding steroid dienone is 2. The lowest BCUT2D eigenvalue weighted by Gasteiger charge is -2.61. The van der Waals surface area contributed by atoms with Crippen molar-refractivity contribution >= 4 is 17.4 Å². The normalized spacial score (nSPS) is 43.0. The zero-order chi connectivity index (χ0) is 22.0. The summed E-state index contributed by atoms with van der Waals surface area (Å²) < 4.78 is 0. The quantitative estimate of drug-likeness (QED) is 0.712. The Morgan fingerprint density at radius 3 is 2.68 bits per heavy atom. The fraction of sp³-hybridized carbons (Fsp3) is 0.615. The largest absolute Gasteiger partial charge is 0.550 e. The molecule has 3 saturated carbocycles. The molecule has 5 rings (SSSR count). The van der Waals surface area contributed by atoms with Crippen molar-refractivity contribution in [1.82, 2.24) is 0 Å². The van der Waals surface area contributed by atoms with Crippen molar-refractivity contribution < 1.29 is 19.8 Å². The maximum Gasteiger partial charge on any atom is 0.210 e. The molecule has 1 aliphatic heterocycles. The van der Waals surface area contributed by atoms with Crippen LogP contribution < -0.4 is 10.4 Å². The van der Waals surface area contributed by atoms with Crippen molar-refractivity contribution in [1.29, 1.82) is 0 Å². The number of carbonyl (C=O) groups is 2. The Morgan fingerprint density at radius 2 is 1.94 bits per heavy atom. The smallest absolute Gasteiger partial charge is 0.210 e. The van der Waals surface area contributed by atoms with Gasteiger partial charge in [-0.25, -0.2) is 0 Å². The topological polar surface area (TPSA) is 89.5 Å². The van der Waals surface area contributed by atoms with Crippen LogP contribution in [-0.2, 0) is 4.79 Å². The molecule has 0 unspecified atom stereocenters. The summed E-state index contributed by atoms with van der Waals surface area (Å²) >= 11 is 0. The van der Waals surface area contributed by atoms with Crippen LogP contribution in [0, 0.1) is 34.5 Å². The molecule has 5 nitrogen and oxygen atoms in total. The summed E-state index contributed by atoms with van der Waals surface area (Å²) in [5.74, 6) is -0.206. The molecule has 3 fully saturated rings. The molecule has 7 atom stereocenters. The number of nitrogens with one attached hydrogen (secondary N) is 1. The number of aliphatic hydroxyl groups excluding tert-OH is 1. The van der Waals surface area contributed by atoms with E-state index in [0.29, 0.717) is 29.5 Å². The van der Waals surface area contributed by atoms with E-state index < -0.39 is 11.4 Å². The van der Waals surface area contributed by atoms with Crippen LogP contribution >= 0.6 is 0 Å². The number of rotatable bonds is 2. The molecule has 166 valence electrons. The van der Waals surface area contributed by atoms with Crippen molar-refractivity contribution in [2.24, 2.45) is 34.5 Å². The molecular weight excluding hydrogens is 390 g/mol. The number of benzene rings is 1. The van der Waals surface area contributed by atoms with Gasteiger partial charge in [-0.2, -0.15) is 0 Å². The van der Waals surface area contributed by atoms with Gasteiger partial charge in [0.25, 0.3) is 0 Å². The predicted octanol–water partition coefficient (Wildman–Crippen LogP) is 3.54. The first-order valence-electron chi connectivity index (χ1n) is 11.8. The Kier molecular flexibility index (Phi) is 4.81. The van der Waals surface area contributed by atoms with Gasteiger partial charge < -0.3 is 20.3 Å². The van der Waals surface area contributed by atoms with Crippen LogP contribution in [0.15, 0.2) is 36.0 Å². The average Bonchev–Trinajstić information content (AvgIpc) is 3.06. The molecule has 0 bridgehead atoms. The Bertz CT molecular complexity index is 954. The minimum Gasteiger partial charge on any atom is -0.550 e. The molecule has 0 amide bonds. The van der Waals surface area contributed by atoms with Crippen LogP contribution in [0.1, 0.15) is 69.2 Å². The van der Waals surface area contributed by atoms with Crippen LogP contribution in [0.2, 0.25) is 0 Å². The number of carboxylic acids is 1. The number of hydrogen-bond donors (Lipinski definition) is 2. The molecule has 31 heavy (non-hydrogen) atoms. The van der Waals surface area contributed by atoms with E-state index in [1.807, 2.05) is 37.3 Å². The molecule has 5 heteroatoms. The van der Waals surface area contributed by atoms with Crippen LogP contribution in [0.4, 0.5) is 5.69 Å². The summed E-state index contributed by atoms with van der Waals surface area (Å²) in [6.45, 7) is 4.17. The van der Waals surface area contributed by atoms with E-state index in [2.05, 4.69) is 12.2 Å². The van der Waals surface area contributed by atoms with Gasteiger partial charge >= 0.3 is 0 Å². The molecule has 1 heterocycles. The number of Topliss-reactive ketones (excluding diaryl/α,β-unsaturated/α-hetero) is 1. The van der Waals surface area contributed by atoms with Gasteiger partial charge in [0, 0.05) is 22.6 Å². The average molecular weight is 423 g/mol. The summed E-state index contributed by atoms with van der Waals surface area (Å²) in [4.78, 5) is 25.4. The molecule has 0 aromatic heterocycles. The second-order valence-corrected chi connectivity index (χ2v) is 10.8. The van der Waals surface area contributed by atoms with E-state index in [4.69, 9.17) is 0 Å². The SMILES string of the molecule is C[C@]12CC[C@@H](O)C[C@@H]1CC[C@H]1[C@@H](/C=C3/Nc4ccccc4C3=O)[C@@](C)(C(=O)[O-])CC[C@@H]12. The molecule has 1 aromatic rings. The summed E-state index contributed by atoms with van der Waals surface area (Å²) in [5.41, 5.74) is 1.09. The third-order valence-corrected chi connectivity index (χ3v) is 9.39. The van der Waals surface area contributed by atoms with Crippen LogP contribution in [0.25, 0.3) is 0 Å². The molecular formula is C26H32NO4-. The van der Waals surface area contributed by atoms with Gasteiger partial charge in [0.1, 0.15) is 0 Å². The number of fused-ring (bicyclic) bond motifs is 4. The highest BCUT2D eigenvalue weighted by Crippen LogP contribution is 2.63. The van der Waals surface area contributed by atoms with Gasteiger partial charge in [-0.1, -0.05) is 32.1 Å². The number of aliphatic hydroxyl groups is 1. The summed E-state index contributed by atoms with van der Waals surface area (Å²) in [7, 11) is 0. The van der Waals surface area contributed by atoms with Gasteiger partial charge in [-0.3, -0.25) is 4.79 Å². The third-order valence-electron chi connectivity index (χ3n) is 9.39. The Hall–Kier alpha value is -2.14. The second kappa shape index (κ2) is 7.19. The number of para-hydroxylation sites is 1. The fourth-order valence-electron chi connectivity index (χ4n) is 7.46. The Balaban J connectivity index is 1.52. The van der Waals surface area contributed by atoms with Crippen LogP contribution in [0.5, 0.6) is 0 Å². The van der Waals surface area contributed by atoms with E-state index in [1.165, 1.54) is 0 Å². The maximum absolute atomic E-state index is 13.0. The number of aliphatic carboxylic acids is 1. The third kappa shape index (κ3) is 3.07. The molecule has 0 radical (unpaired) electrons. The summed E-state index contributed by atoms with van der Waals surface area (Å²) in [5, 5.41) is 25.8. The number of anilines is 1. The van der Waals surface area contributed by atoms with Crippen LogP contribution in [0.3, 0.4) is 0 Å². The summed E-state index contributed by atoms with van der Waals surface area (Å²) in [6.07, 6.45) is 7.80. The number of ketones is 1. The maximum atomic E-state index is 13.0. The van der Waals surface area contributed by atoms with Crippen molar-refractivity contribution in [2.75, 3.05) is 5.32 Å². The van der Waals surface area contributed by atoms with E-state index in [9.17, 15) is 19.8 Å². The van der Waals surface area contributed by atoms with Gasteiger partial charge in [0.15, 0.2) is 0 Å². The highest BCUT2D eigenvalue weighted by atomic mass is 16.4. The molecule has 3 aliphatic carbocycles. The number of hydrogen-bond acceptors (Lipinski definition) is 5. The predicted molar refractivity (Wildman–Crippen MR) is 116 cm³/mol. The van der Waals surface area contributed by atoms with E-state index in [1.54, 1.807) is 0 Å². The zero-order valence-electron chi connectivity index (χ0n) is 18.4. The van der Waals surface area contributed by atoms with Gasteiger partial charge in [-0.15, -0.1) is 0 Å². The Morgan fingerprint density at radius 1 is 1.16 bits per heavy atom. The van der Waals surface area contributed by atoms with E-state index >= 15 is 0 Å². The van der Waals surface area contributed by atoms with Gasteiger partial charge in [-0.05, 0) is 86.2 Å². The Labute approximate surface area is 183 Å². The van der Waals surface area contributed by atoms with Crippen LogP contribution in [-0.4, -0.2) is 23.0 Å². The second-order valence-electron chi connectivity index (χ2n) is 10.8. The fourth-order valence-corrected chi connectivity index (χ4v) is 7.46. The van der Waals surface area contributed by atoms with Gasteiger partial charge in [0.2, 0.25) is 5.78 Å². The lowest BCUT2D eigenvalue weighted by atomic mass is 9.44. The molecule has 0 saturated heterocycles. The minimum absolute atomic E-state index is 0.0564. The first-order valence-corrected chi connectivity index (χ1v) is 11.8. The molecule has 1 aromatic carbocycles. The van der Waals surface area contributed by atoms with E-state index in [-0.39, 0.29) is 29.1 Å².